The van der Waals surface area contributed by atoms with E-state index in [4.69, 9.17) is 4.74 Å². The van der Waals surface area contributed by atoms with Crippen LogP contribution in [0.25, 0.3) is 0 Å². The predicted molar refractivity (Wildman–Crippen MR) is 135 cm³/mol. The number of ether oxygens (including phenoxy) is 1. The van der Waals surface area contributed by atoms with Crippen molar-refractivity contribution in [1.82, 2.24) is 0 Å². The van der Waals surface area contributed by atoms with Crippen LogP contribution in [0, 0.1) is 12.8 Å². The van der Waals surface area contributed by atoms with Crippen LogP contribution >= 0.6 is 0 Å². The molecule has 0 aromatic heterocycles. The highest BCUT2D eigenvalue weighted by Crippen LogP contribution is 2.37. The molecule has 1 aliphatic carbocycles. The summed E-state index contributed by atoms with van der Waals surface area (Å²) in [7, 11) is 1.55. The second kappa shape index (κ2) is 9.33. The standard InChI is InChI=1S/C27H30N4O3/c1-18-5-3-4-6-24(18)30-11-13-31(14-12-30)25-16-26(34-2)20(17-32)15-23(25)29-27(33)22-10-9-21(28-22)19-7-8-19/h3-6,10,15-17,19H,7-9,11-14H2,1-2H3,(H,29,33). The zero-order valence-electron chi connectivity index (χ0n) is 19.7. The van der Waals surface area contributed by atoms with Gasteiger partial charge in [-0.05, 0) is 49.5 Å². The van der Waals surface area contributed by atoms with Crippen LogP contribution in [-0.4, -0.2) is 51.2 Å². The zero-order valence-corrected chi connectivity index (χ0v) is 19.7. The zero-order chi connectivity index (χ0) is 23.7. The molecule has 2 aliphatic heterocycles. The fourth-order valence-electron chi connectivity index (χ4n) is 4.77. The van der Waals surface area contributed by atoms with Gasteiger partial charge in [-0.15, -0.1) is 0 Å². The van der Waals surface area contributed by atoms with Crippen molar-refractivity contribution in [1.29, 1.82) is 0 Å². The van der Waals surface area contributed by atoms with E-state index < -0.39 is 0 Å². The Morgan fingerprint density at radius 2 is 1.79 bits per heavy atom. The molecule has 1 saturated heterocycles. The maximum absolute atomic E-state index is 13.0. The number of methoxy groups -OCH3 is 1. The second-order valence-electron chi connectivity index (χ2n) is 9.11. The van der Waals surface area contributed by atoms with E-state index in [-0.39, 0.29) is 5.91 Å². The van der Waals surface area contributed by atoms with Gasteiger partial charge in [0.05, 0.1) is 24.0 Å². The normalized spacial score (nSPS) is 17.8. The summed E-state index contributed by atoms with van der Waals surface area (Å²) in [5.74, 6) is 0.806. The van der Waals surface area contributed by atoms with Crippen LogP contribution in [0.1, 0.15) is 35.2 Å². The van der Waals surface area contributed by atoms with Crippen molar-refractivity contribution in [2.75, 3.05) is 48.4 Å². The number of aliphatic imine (C=N–C) groups is 1. The molecule has 2 aromatic rings. The number of benzene rings is 2. The van der Waals surface area contributed by atoms with Crippen LogP contribution in [0.2, 0.25) is 0 Å². The predicted octanol–water partition coefficient (Wildman–Crippen LogP) is 4.22. The molecule has 176 valence electrons. The largest absolute Gasteiger partial charge is 0.496 e. The Bertz CT molecular complexity index is 1170. The van der Waals surface area contributed by atoms with E-state index in [1.165, 1.54) is 24.1 Å². The third kappa shape index (κ3) is 4.42. The molecule has 0 atom stereocenters. The molecule has 1 amide bonds. The van der Waals surface area contributed by atoms with Gasteiger partial charge in [0, 0.05) is 50.1 Å². The maximum Gasteiger partial charge on any atom is 0.273 e. The number of allylic oxidation sites excluding steroid dienone is 1. The Morgan fingerprint density at radius 3 is 2.44 bits per heavy atom. The molecule has 7 heteroatoms. The van der Waals surface area contributed by atoms with Crippen LogP contribution in [0.15, 0.2) is 53.2 Å². The number of piperazine rings is 1. The summed E-state index contributed by atoms with van der Waals surface area (Å²) in [5, 5.41) is 3.02. The van der Waals surface area contributed by atoms with Crippen molar-refractivity contribution in [2.24, 2.45) is 10.9 Å². The second-order valence-corrected chi connectivity index (χ2v) is 9.11. The minimum atomic E-state index is -0.238. The highest BCUT2D eigenvalue weighted by Gasteiger charge is 2.30. The van der Waals surface area contributed by atoms with Crippen LogP contribution in [0.5, 0.6) is 5.75 Å². The van der Waals surface area contributed by atoms with Crippen molar-refractivity contribution in [2.45, 2.75) is 26.2 Å². The third-order valence-corrected chi connectivity index (χ3v) is 6.85. The van der Waals surface area contributed by atoms with Gasteiger partial charge in [0.15, 0.2) is 6.29 Å². The number of aldehydes is 1. The summed E-state index contributed by atoms with van der Waals surface area (Å²) < 4.78 is 5.47. The Morgan fingerprint density at radius 1 is 1.09 bits per heavy atom. The Kier molecular flexibility index (Phi) is 6.09. The molecule has 7 nitrogen and oxygen atoms in total. The smallest absolute Gasteiger partial charge is 0.273 e. The highest BCUT2D eigenvalue weighted by molar-refractivity contribution is 6.10. The molecule has 2 fully saturated rings. The first-order chi connectivity index (χ1) is 16.6. The van der Waals surface area contributed by atoms with Crippen LogP contribution < -0.4 is 19.9 Å². The van der Waals surface area contributed by atoms with Crippen LogP contribution in [0.4, 0.5) is 17.1 Å². The average Bonchev–Trinajstić information content (AvgIpc) is 3.60. The minimum Gasteiger partial charge on any atom is -0.496 e. The summed E-state index contributed by atoms with van der Waals surface area (Å²) in [5.41, 5.74) is 5.95. The van der Waals surface area contributed by atoms with Crippen LogP contribution in [-0.2, 0) is 4.79 Å². The van der Waals surface area contributed by atoms with E-state index in [0.29, 0.717) is 28.6 Å². The van der Waals surface area contributed by atoms with Crippen molar-refractivity contribution in [3.8, 4) is 5.75 Å². The summed E-state index contributed by atoms with van der Waals surface area (Å²) in [6, 6.07) is 12.0. The van der Waals surface area contributed by atoms with E-state index in [0.717, 1.165) is 50.3 Å². The van der Waals surface area contributed by atoms with Gasteiger partial charge in [0.1, 0.15) is 11.4 Å². The van der Waals surface area contributed by atoms with Crippen molar-refractivity contribution in [3.63, 3.8) is 0 Å². The maximum atomic E-state index is 13.0. The third-order valence-electron chi connectivity index (χ3n) is 6.85. The molecule has 5 rings (SSSR count). The van der Waals surface area contributed by atoms with Crippen molar-refractivity contribution >= 4 is 35.0 Å². The average molecular weight is 459 g/mol. The lowest BCUT2D eigenvalue weighted by Crippen LogP contribution is -2.47. The first-order valence-corrected chi connectivity index (χ1v) is 11.9. The minimum absolute atomic E-state index is 0.238. The van der Waals surface area contributed by atoms with E-state index in [9.17, 15) is 9.59 Å². The number of hydrogen-bond acceptors (Lipinski definition) is 6. The topological polar surface area (TPSA) is 74.2 Å². The molecule has 0 radical (unpaired) electrons. The van der Waals surface area contributed by atoms with Gasteiger partial charge in [-0.2, -0.15) is 0 Å². The number of amides is 1. The van der Waals surface area contributed by atoms with Gasteiger partial charge in [-0.25, -0.2) is 0 Å². The number of nitrogens with zero attached hydrogens (tertiary/aromatic N) is 3. The van der Waals surface area contributed by atoms with E-state index >= 15 is 0 Å². The quantitative estimate of drug-likeness (QED) is 0.629. The molecule has 1 saturated carbocycles. The Labute approximate surface area is 200 Å². The molecule has 3 aliphatic rings. The molecule has 0 bridgehead atoms. The summed E-state index contributed by atoms with van der Waals surface area (Å²) in [6.07, 6.45) is 5.74. The van der Waals surface area contributed by atoms with E-state index in [1.807, 2.05) is 12.1 Å². The van der Waals surface area contributed by atoms with Gasteiger partial charge in [-0.1, -0.05) is 18.2 Å². The molecule has 34 heavy (non-hydrogen) atoms. The lowest BCUT2D eigenvalue weighted by Gasteiger charge is -2.38. The number of hydrogen-bond donors (Lipinski definition) is 1. The van der Waals surface area contributed by atoms with Crippen LogP contribution in [0.3, 0.4) is 0 Å². The van der Waals surface area contributed by atoms with Crippen molar-refractivity contribution in [3.05, 3.63) is 59.3 Å². The van der Waals surface area contributed by atoms with Gasteiger partial charge in [0.2, 0.25) is 0 Å². The monoisotopic (exact) mass is 458 g/mol. The summed E-state index contributed by atoms with van der Waals surface area (Å²) >= 11 is 0. The Balaban J connectivity index is 1.37. The molecule has 0 unspecified atom stereocenters. The van der Waals surface area contributed by atoms with Crippen molar-refractivity contribution < 1.29 is 14.3 Å². The van der Waals surface area contributed by atoms with E-state index in [2.05, 4.69) is 51.3 Å². The summed E-state index contributed by atoms with van der Waals surface area (Å²) in [6.45, 7) is 5.42. The molecular formula is C27H30N4O3. The lowest BCUT2D eigenvalue weighted by atomic mass is 10.1. The first kappa shape index (κ1) is 22.2. The number of carbonyl (C=O) groups excluding carboxylic acids is 2. The fourth-order valence-corrected chi connectivity index (χ4v) is 4.77. The number of aryl methyl sites for hydroxylation is 1. The highest BCUT2D eigenvalue weighted by atomic mass is 16.5. The number of anilines is 3. The molecular weight excluding hydrogens is 428 g/mol. The number of rotatable bonds is 7. The van der Waals surface area contributed by atoms with Gasteiger partial charge in [0.25, 0.3) is 5.91 Å². The van der Waals surface area contributed by atoms with E-state index in [1.54, 1.807) is 13.2 Å². The number of nitrogens with one attached hydrogen (secondary N) is 1. The molecule has 2 heterocycles. The number of carbonyl (C=O) groups is 2. The van der Waals surface area contributed by atoms with Gasteiger partial charge < -0.3 is 19.9 Å². The molecule has 0 spiro atoms. The lowest BCUT2D eigenvalue weighted by molar-refractivity contribution is -0.112. The fraction of sp³-hybridized carbons (Fsp3) is 0.370. The SMILES string of the molecule is COc1cc(N2CCN(c3ccccc3C)CC2)c(NC(=O)C2=CCC(C3CC3)=N2)cc1C=O. The van der Waals surface area contributed by atoms with Gasteiger partial charge in [-0.3, -0.25) is 14.6 Å². The molecule has 2 aromatic carbocycles. The number of para-hydroxylation sites is 1. The summed E-state index contributed by atoms with van der Waals surface area (Å²) in [4.78, 5) is 33.9. The first-order valence-electron chi connectivity index (χ1n) is 11.9. The molecule has 1 N–H and O–H groups in total. The Hall–Kier alpha value is -3.61. The van der Waals surface area contributed by atoms with Gasteiger partial charge >= 0.3 is 0 Å².